The van der Waals surface area contributed by atoms with Gasteiger partial charge in [-0.2, -0.15) is 0 Å². The third-order valence-electron chi connectivity index (χ3n) is 2.51. The average Bonchev–Trinajstić information content (AvgIpc) is 2.36. The molecule has 0 aliphatic heterocycles. The Labute approximate surface area is 105 Å². The van der Waals surface area contributed by atoms with Crippen molar-refractivity contribution in [1.82, 2.24) is 0 Å². The van der Waals surface area contributed by atoms with Crippen molar-refractivity contribution in [3.05, 3.63) is 35.9 Å². The first-order valence-electron chi connectivity index (χ1n) is 5.65. The first kappa shape index (κ1) is 14.2. The number of carboxylic acids is 1. The van der Waals surface area contributed by atoms with Gasteiger partial charge in [-0.05, 0) is 18.9 Å². The predicted octanol–water partition coefficient (Wildman–Crippen LogP) is -0.481. The van der Waals surface area contributed by atoms with E-state index in [1.165, 1.54) is 0 Å². The van der Waals surface area contributed by atoms with E-state index < -0.39 is 24.0 Å². The lowest BCUT2D eigenvalue weighted by Crippen LogP contribution is -2.44. The molecular weight excluding hydrogens is 236 g/mol. The van der Waals surface area contributed by atoms with Crippen molar-refractivity contribution in [2.45, 2.75) is 19.4 Å². The summed E-state index contributed by atoms with van der Waals surface area (Å²) in [7, 11) is 0. The predicted molar refractivity (Wildman–Crippen MR) is 61.3 cm³/mol. The minimum absolute atomic E-state index is 0.0170. The second kappa shape index (κ2) is 6.76. The highest BCUT2D eigenvalue weighted by atomic mass is 16.5. The lowest BCUT2D eigenvalue weighted by Gasteiger charge is -2.22. The van der Waals surface area contributed by atoms with Crippen molar-refractivity contribution >= 4 is 11.9 Å². The Bertz CT molecular complexity index is 401. The van der Waals surface area contributed by atoms with Gasteiger partial charge in [-0.3, -0.25) is 0 Å². The number of carbonyl (C=O) groups is 2. The molecule has 0 radical (unpaired) electrons. The zero-order valence-corrected chi connectivity index (χ0v) is 10.0. The molecule has 5 nitrogen and oxygen atoms in total. The lowest BCUT2D eigenvalue weighted by molar-refractivity contribution is -0.314. The standard InChI is InChI=1S/C13H16O5/c1-2-18-13(17)11(14)10(12(15)16)8-9-6-4-3-5-7-9/h3-7,10-11,14H,2,8H2,1H3,(H,15,16)/p-1. The van der Waals surface area contributed by atoms with Crippen molar-refractivity contribution < 1.29 is 24.5 Å². The molecule has 2 atom stereocenters. The number of esters is 1. The number of hydrogen-bond donors (Lipinski definition) is 1. The normalized spacial score (nSPS) is 13.7. The van der Waals surface area contributed by atoms with Crippen molar-refractivity contribution in [3.8, 4) is 0 Å². The van der Waals surface area contributed by atoms with E-state index in [1.54, 1.807) is 37.3 Å². The largest absolute Gasteiger partial charge is 0.550 e. The SMILES string of the molecule is CCOC(=O)C(O)C(Cc1ccccc1)C(=O)[O-]. The molecular formula is C13H15O5-. The Morgan fingerprint density at radius 2 is 1.94 bits per heavy atom. The van der Waals surface area contributed by atoms with Crippen LogP contribution in [0.2, 0.25) is 0 Å². The van der Waals surface area contributed by atoms with E-state index in [0.717, 1.165) is 0 Å². The summed E-state index contributed by atoms with van der Waals surface area (Å²) in [5.74, 6) is -3.73. The van der Waals surface area contributed by atoms with Gasteiger partial charge in [0.05, 0.1) is 6.61 Å². The number of hydrogen-bond acceptors (Lipinski definition) is 5. The van der Waals surface area contributed by atoms with Crippen molar-refractivity contribution in [1.29, 1.82) is 0 Å². The molecule has 0 aliphatic rings. The smallest absolute Gasteiger partial charge is 0.335 e. The highest BCUT2D eigenvalue weighted by molar-refractivity contribution is 5.82. The minimum atomic E-state index is -1.71. The molecule has 0 amide bonds. The monoisotopic (exact) mass is 251 g/mol. The maximum absolute atomic E-state index is 11.3. The number of carbonyl (C=O) groups excluding carboxylic acids is 2. The van der Waals surface area contributed by atoms with E-state index in [4.69, 9.17) is 0 Å². The highest BCUT2D eigenvalue weighted by Gasteiger charge is 2.28. The summed E-state index contributed by atoms with van der Waals surface area (Å²) >= 11 is 0. The van der Waals surface area contributed by atoms with E-state index >= 15 is 0 Å². The number of aliphatic hydroxyl groups is 1. The van der Waals surface area contributed by atoms with Crippen molar-refractivity contribution in [2.75, 3.05) is 6.61 Å². The number of ether oxygens (including phenoxy) is 1. The fraction of sp³-hybridized carbons (Fsp3) is 0.385. The summed E-state index contributed by atoms with van der Waals surface area (Å²) in [5, 5.41) is 20.6. The molecule has 0 fully saturated rings. The van der Waals surface area contributed by atoms with Crippen LogP contribution in [0.3, 0.4) is 0 Å². The maximum Gasteiger partial charge on any atom is 0.335 e. The van der Waals surface area contributed by atoms with Crippen LogP contribution in [0.1, 0.15) is 12.5 Å². The Kier molecular flexibility index (Phi) is 5.32. The molecule has 5 heteroatoms. The molecule has 0 aliphatic carbocycles. The van der Waals surface area contributed by atoms with Gasteiger partial charge < -0.3 is 19.7 Å². The van der Waals surface area contributed by atoms with Gasteiger partial charge in [-0.15, -0.1) is 0 Å². The van der Waals surface area contributed by atoms with Gasteiger partial charge in [0, 0.05) is 11.9 Å². The van der Waals surface area contributed by atoms with E-state index in [9.17, 15) is 19.8 Å². The molecule has 0 saturated carbocycles. The number of benzene rings is 1. The lowest BCUT2D eigenvalue weighted by atomic mass is 9.94. The van der Waals surface area contributed by atoms with Gasteiger partial charge in [0.25, 0.3) is 0 Å². The third-order valence-corrected chi connectivity index (χ3v) is 2.51. The van der Waals surface area contributed by atoms with E-state index in [-0.39, 0.29) is 13.0 Å². The van der Waals surface area contributed by atoms with Crippen molar-refractivity contribution in [3.63, 3.8) is 0 Å². The molecule has 0 heterocycles. The molecule has 98 valence electrons. The van der Waals surface area contributed by atoms with Crippen LogP contribution >= 0.6 is 0 Å². The van der Waals surface area contributed by atoms with Gasteiger partial charge in [-0.25, -0.2) is 4.79 Å². The van der Waals surface area contributed by atoms with Gasteiger partial charge in [0.1, 0.15) is 0 Å². The Hall–Kier alpha value is -1.88. The second-order valence-corrected chi connectivity index (χ2v) is 3.81. The molecule has 0 bridgehead atoms. The summed E-state index contributed by atoms with van der Waals surface area (Å²) in [5.41, 5.74) is 0.704. The highest BCUT2D eigenvalue weighted by Crippen LogP contribution is 2.13. The number of carboxylic acid groups (broad SMARTS) is 1. The Morgan fingerprint density at radius 3 is 2.44 bits per heavy atom. The van der Waals surface area contributed by atoms with Crippen LogP contribution in [-0.4, -0.2) is 29.8 Å². The molecule has 1 rings (SSSR count). The summed E-state index contributed by atoms with van der Waals surface area (Å²) in [6.07, 6.45) is -1.70. The van der Waals surface area contributed by atoms with Gasteiger partial charge in [0.15, 0.2) is 6.10 Å². The number of aliphatic hydroxyl groups excluding tert-OH is 1. The molecule has 1 N–H and O–H groups in total. The first-order valence-corrected chi connectivity index (χ1v) is 5.65. The van der Waals surface area contributed by atoms with Gasteiger partial charge >= 0.3 is 5.97 Å². The maximum atomic E-state index is 11.3. The summed E-state index contributed by atoms with van der Waals surface area (Å²) in [6, 6.07) is 8.72. The number of aliphatic carboxylic acids is 1. The van der Waals surface area contributed by atoms with Crippen LogP contribution in [0.25, 0.3) is 0 Å². The van der Waals surface area contributed by atoms with Gasteiger partial charge in [0.2, 0.25) is 0 Å². The topological polar surface area (TPSA) is 86.7 Å². The van der Waals surface area contributed by atoms with Gasteiger partial charge in [-0.1, -0.05) is 30.3 Å². The Balaban J connectivity index is 2.77. The fourth-order valence-corrected chi connectivity index (χ4v) is 1.58. The van der Waals surface area contributed by atoms with E-state index in [1.807, 2.05) is 0 Å². The fourth-order valence-electron chi connectivity index (χ4n) is 1.58. The third kappa shape index (κ3) is 3.85. The second-order valence-electron chi connectivity index (χ2n) is 3.81. The summed E-state index contributed by atoms with van der Waals surface area (Å²) < 4.78 is 4.59. The molecule has 0 saturated heterocycles. The van der Waals surface area contributed by atoms with Crippen LogP contribution in [0.4, 0.5) is 0 Å². The quantitative estimate of drug-likeness (QED) is 0.690. The molecule has 2 unspecified atom stereocenters. The van der Waals surface area contributed by atoms with Crippen molar-refractivity contribution in [2.24, 2.45) is 5.92 Å². The molecule has 0 aromatic heterocycles. The van der Waals surface area contributed by atoms with Crippen LogP contribution in [0.15, 0.2) is 30.3 Å². The first-order chi connectivity index (χ1) is 8.56. The van der Waals surface area contributed by atoms with E-state index in [0.29, 0.717) is 5.56 Å². The van der Waals surface area contributed by atoms with Crippen LogP contribution < -0.4 is 5.11 Å². The Morgan fingerprint density at radius 1 is 1.33 bits per heavy atom. The van der Waals surface area contributed by atoms with Crippen LogP contribution in [0.5, 0.6) is 0 Å². The zero-order chi connectivity index (χ0) is 13.5. The summed E-state index contributed by atoms with van der Waals surface area (Å²) in [4.78, 5) is 22.3. The van der Waals surface area contributed by atoms with E-state index in [2.05, 4.69) is 4.74 Å². The molecule has 1 aromatic rings. The average molecular weight is 251 g/mol. The van der Waals surface area contributed by atoms with Crippen LogP contribution in [0, 0.1) is 5.92 Å². The minimum Gasteiger partial charge on any atom is -0.550 e. The molecule has 0 spiro atoms. The zero-order valence-electron chi connectivity index (χ0n) is 10.0. The van der Waals surface area contributed by atoms with Crippen LogP contribution in [-0.2, 0) is 20.7 Å². The molecule has 1 aromatic carbocycles. The summed E-state index contributed by atoms with van der Waals surface area (Å²) in [6.45, 7) is 1.66. The molecule has 18 heavy (non-hydrogen) atoms. The number of rotatable bonds is 6.